The monoisotopic (exact) mass is 729 g/mol. The minimum absolute atomic E-state index is 0.0246. The van der Waals surface area contributed by atoms with Gasteiger partial charge in [-0.2, -0.15) is 13.2 Å². The molecular formula is C43H73F5N2O. The smallest absolute Gasteiger partial charge is 0.416 e. The Morgan fingerprint density at radius 2 is 1.53 bits per heavy atom. The summed E-state index contributed by atoms with van der Waals surface area (Å²) in [6.45, 7) is 33.7. The Balaban J connectivity index is -0.000000191. The Morgan fingerprint density at radius 3 is 1.98 bits per heavy atom. The van der Waals surface area contributed by atoms with E-state index in [9.17, 15) is 22.0 Å². The Bertz CT molecular complexity index is 1100. The Kier molecular flexibility index (Phi) is 40.8. The van der Waals surface area contributed by atoms with Crippen molar-refractivity contribution >= 4 is 0 Å². The molecule has 0 spiro atoms. The number of halogens is 5. The third-order valence-electron chi connectivity index (χ3n) is 6.60. The second-order valence-corrected chi connectivity index (χ2v) is 10.7. The topological polar surface area (TPSA) is 38.5 Å². The summed E-state index contributed by atoms with van der Waals surface area (Å²) in [7, 11) is 0. The lowest BCUT2D eigenvalue weighted by Crippen LogP contribution is -2.42. The van der Waals surface area contributed by atoms with E-state index in [0.717, 1.165) is 61.6 Å². The number of terminal acetylenes is 1. The summed E-state index contributed by atoms with van der Waals surface area (Å²) in [5.74, 6) is -0.872. The van der Waals surface area contributed by atoms with Crippen LogP contribution in [-0.2, 0) is 19.1 Å². The number of likely N-dealkylation sites (tertiary alicyclic amines) is 1. The molecule has 0 saturated carbocycles. The maximum absolute atomic E-state index is 13.4. The molecule has 0 amide bonds. The van der Waals surface area contributed by atoms with Crippen LogP contribution in [0, 0.1) is 25.7 Å². The van der Waals surface area contributed by atoms with E-state index < -0.39 is 17.7 Å². The molecular weight excluding hydrogens is 655 g/mol. The first-order chi connectivity index (χ1) is 24.3. The SMILES string of the molecule is C#C.C=C.C=C(N)CC(C)CCC.CC.CC.CC.CC.Cc1cccc(C(F)(F)F)c1.FC1(F)CCCN(Cc2ccc3c(c2)OCCC3)C1. The van der Waals surface area contributed by atoms with Gasteiger partial charge in [-0.3, -0.25) is 4.90 Å². The van der Waals surface area contributed by atoms with Crippen LogP contribution in [0.3, 0.4) is 0 Å². The Hall–Kier alpha value is -3.31. The van der Waals surface area contributed by atoms with Gasteiger partial charge in [0.25, 0.3) is 5.92 Å². The zero-order valence-corrected chi connectivity index (χ0v) is 34.0. The fourth-order valence-corrected chi connectivity index (χ4v) is 4.79. The molecule has 2 aliphatic rings. The third kappa shape index (κ3) is 30.1. The van der Waals surface area contributed by atoms with E-state index in [1.54, 1.807) is 13.0 Å². The molecule has 0 bridgehead atoms. The van der Waals surface area contributed by atoms with Crippen molar-refractivity contribution in [2.45, 2.75) is 140 Å². The van der Waals surface area contributed by atoms with E-state index in [4.69, 9.17) is 10.5 Å². The maximum Gasteiger partial charge on any atom is 0.416 e. The van der Waals surface area contributed by atoms with Crippen molar-refractivity contribution in [3.05, 3.63) is 90.2 Å². The lowest BCUT2D eigenvalue weighted by Gasteiger charge is -2.32. The number of ether oxygens (including phenoxy) is 1. The highest BCUT2D eigenvalue weighted by Gasteiger charge is 2.35. The van der Waals surface area contributed by atoms with E-state index in [2.05, 4.69) is 52.5 Å². The lowest BCUT2D eigenvalue weighted by molar-refractivity contribution is -0.137. The first-order valence-electron chi connectivity index (χ1n) is 18.5. The van der Waals surface area contributed by atoms with E-state index in [1.165, 1.54) is 24.5 Å². The highest BCUT2D eigenvalue weighted by atomic mass is 19.4. The Labute approximate surface area is 310 Å². The van der Waals surface area contributed by atoms with Crippen molar-refractivity contribution in [3.63, 3.8) is 0 Å². The van der Waals surface area contributed by atoms with E-state index in [-0.39, 0.29) is 13.0 Å². The van der Waals surface area contributed by atoms with Gasteiger partial charge in [-0.05, 0) is 68.3 Å². The molecule has 2 heterocycles. The molecule has 0 radical (unpaired) electrons. The second-order valence-electron chi connectivity index (χ2n) is 10.7. The summed E-state index contributed by atoms with van der Waals surface area (Å²) >= 11 is 0. The number of benzene rings is 2. The minimum Gasteiger partial charge on any atom is -0.493 e. The van der Waals surface area contributed by atoms with Gasteiger partial charge in [-0.25, -0.2) is 8.78 Å². The van der Waals surface area contributed by atoms with Crippen LogP contribution in [0.15, 0.2) is 67.9 Å². The minimum atomic E-state index is -4.22. The third-order valence-corrected chi connectivity index (χ3v) is 6.60. The summed E-state index contributed by atoms with van der Waals surface area (Å²) in [6.07, 6.45) is 9.98. The van der Waals surface area contributed by atoms with Gasteiger partial charge in [-0.1, -0.05) is 125 Å². The second kappa shape index (κ2) is 36.5. The van der Waals surface area contributed by atoms with Crippen LogP contribution in [0.2, 0.25) is 0 Å². The van der Waals surface area contributed by atoms with Gasteiger partial charge in [0.2, 0.25) is 0 Å². The fourth-order valence-electron chi connectivity index (χ4n) is 4.79. The van der Waals surface area contributed by atoms with Crippen molar-refractivity contribution in [1.82, 2.24) is 4.90 Å². The average Bonchev–Trinajstić information content (AvgIpc) is 3.13. The predicted octanol–water partition coefficient (Wildman–Crippen LogP) is 13.7. The van der Waals surface area contributed by atoms with Gasteiger partial charge in [0, 0.05) is 18.7 Å². The van der Waals surface area contributed by atoms with Gasteiger partial charge in [0.15, 0.2) is 0 Å². The van der Waals surface area contributed by atoms with Crippen molar-refractivity contribution in [1.29, 1.82) is 0 Å². The number of fused-ring (bicyclic) bond motifs is 1. The molecule has 2 aromatic rings. The van der Waals surface area contributed by atoms with Gasteiger partial charge >= 0.3 is 6.18 Å². The molecule has 2 aromatic carbocycles. The van der Waals surface area contributed by atoms with Crippen LogP contribution in [0.4, 0.5) is 22.0 Å². The molecule has 2 N–H and O–H groups in total. The van der Waals surface area contributed by atoms with Crippen LogP contribution in [-0.4, -0.2) is 30.5 Å². The zero-order chi connectivity index (χ0) is 41.1. The van der Waals surface area contributed by atoms with Gasteiger partial charge in [-0.15, -0.1) is 26.0 Å². The highest BCUT2D eigenvalue weighted by molar-refractivity contribution is 5.38. The summed E-state index contributed by atoms with van der Waals surface area (Å²) < 4.78 is 68.3. The molecule has 1 saturated heterocycles. The van der Waals surface area contributed by atoms with E-state index >= 15 is 0 Å². The maximum atomic E-state index is 13.4. The lowest BCUT2D eigenvalue weighted by atomic mass is 10.0. The fraction of sp³-hybridized carbons (Fsp3) is 0.581. The summed E-state index contributed by atoms with van der Waals surface area (Å²) in [5, 5.41) is 0. The quantitative estimate of drug-likeness (QED) is 0.183. The molecule has 2 aliphatic heterocycles. The highest BCUT2D eigenvalue weighted by Crippen LogP contribution is 2.30. The number of hydrogen-bond acceptors (Lipinski definition) is 3. The molecule has 1 atom stereocenters. The number of rotatable bonds is 6. The molecule has 1 unspecified atom stereocenters. The predicted molar refractivity (Wildman–Crippen MR) is 214 cm³/mol. The summed E-state index contributed by atoms with van der Waals surface area (Å²) in [6, 6.07) is 11.4. The van der Waals surface area contributed by atoms with Crippen molar-refractivity contribution in [2.24, 2.45) is 11.7 Å². The van der Waals surface area contributed by atoms with Crippen LogP contribution in [0.1, 0.15) is 130 Å². The number of piperidine rings is 1. The summed E-state index contributed by atoms with van der Waals surface area (Å²) in [5.41, 5.74) is 8.59. The molecule has 8 heteroatoms. The van der Waals surface area contributed by atoms with Crippen molar-refractivity contribution in [2.75, 3.05) is 19.7 Å². The number of nitrogens with zero attached hydrogens (tertiary/aromatic N) is 1. The molecule has 0 aliphatic carbocycles. The number of aryl methyl sites for hydroxylation is 2. The number of nitrogens with two attached hydrogens (primary N) is 1. The average molecular weight is 729 g/mol. The number of allylic oxidation sites excluding steroid dienone is 1. The molecule has 4 rings (SSSR count). The van der Waals surface area contributed by atoms with Crippen LogP contribution in [0.25, 0.3) is 0 Å². The van der Waals surface area contributed by atoms with E-state index in [1.807, 2.05) is 72.4 Å². The first kappa shape index (κ1) is 57.0. The first-order valence-corrected chi connectivity index (χ1v) is 18.5. The Morgan fingerprint density at radius 1 is 0.961 bits per heavy atom. The van der Waals surface area contributed by atoms with Crippen LogP contribution in [0.5, 0.6) is 5.75 Å². The van der Waals surface area contributed by atoms with E-state index in [0.29, 0.717) is 24.4 Å². The number of hydrogen-bond donors (Lipinski definition) is 1. The molecule has 1 fully saturated rings. The van der Waals surface area contributed by atoms with Crippen LogP contribution < -0.4 is 10.5 Å². The van der Waals surface area contributed by atoms with Gasteiger partial charge < -0.3 is 10.5 Å². The van der Waals surface area contributed by atoms with Gasteiger partial charge in [0.05, 0.1) is 18.7 Å². The zero-order valence-electron chi connectivity index (χ0n) is 34.0. The van der Waals surface area contributed by atoms with Gasteiger partial charge in [0.1, 0.15) is 5.75 Å². The molecule has 0 aromatic heterocycles. The standard InChI is InChI=1S/C15H19F2NO.C8H7F3.C8H17N.4C2H6.C2H4.C2H2/c16-15(17)6-2-7-18(11-15)10-12-4-5-13-3-1-8-19-14(13)9-12;1-6-3-2-4-7(5-6)8(9,10)11;1-4-5-7(2)6-8(3)9;6*1-2/h4-5,9H,1-3,6-8,10-11H2;2-5H,1H3;7H,3-6,9H2,1-2H3;4*1-2H3;1-2H2;1-2H. The molecule has 296 valence electrons. The molecule has 51 heavy (non-hydrogen) atoms. The molecule has 3 nitrogen and oxygen atoms in total. The van der Waals surface area contributed by atoms with Crippen LogP contribution >= 0.6 is 0 Å². The van der Waals surface area contributed by atoms with Crippen molar-refractivity contribution in [3.8, 4) is 18.6 Å². The normalized spacial score (nSPS) is 13.8. The summed E-state index contributed by atoms with van der Waals surface area (Å²) in [4.78, 5) is 1.84. The van der Waals surface area contributed by atoms with Crippen molar-refractivity contribution < 1.29 is 26.7 Å². The largest absolute Gasteiger partial charge is 0.493 e. The number of alkyl halides is 5.